The fraction of sp³-hybridized carbons (Fsp3) is 0.933. The molecule has 0 aromatic carbocycles. The van der Waals surface area contributed by atoms with Gasteiger partial charge in [-0.1, -0.05) is 194 Å². The van der Waals surface area contributed by atoms with Crippen molar-refractivity contribution in [1.29, 1.82) is 0 Å². The molecule has 0 aromatic rings. The molecule has 0 saturated heterocycles. The molecule has 0 aromatic heterocycles. The molecule has 11 nitrogen and oxygen atoms in total. The zero-order valence-corrected chi connectivity index (χ0v) is 38.4. The molecule has 1 amide bonds. The lowest BCUT2D eigenvalue weighted by atomic mass is 10.0. The molecule has 340 valence electrons. The smallest absolute Gasteiger partial charge is 0.462 e. The second-order valence-electron chi connectivity index (χ2n) is 15.7. The average Bonchev–Trinajstić information content (AvgIpc) is 3.18. The molecule has 0 fully saturated rings. The maximum atomic E-state index is 12.1. The predicted molar refractivity (Wildman–Crippen MR) is 235 cm³/mol. The van der Waals surface area contributed by atoms with Crippen LogP contribution in [-0.4, -0.2) is 61.8 Å². The van der Waals surface area contributed by atoms with Gasteiger partial charge in [0, 0.05) is 19.4 Å². The highest BCUT2D eigenvalue weighted by Gasteiger charge is 2.19. The van der Waals surface area contributed by atoms with Crippen molar-refractivity contribution in [3.63, 3.8) is 0 Å². The van der Waals surface area contributed by atoms with Crippen LogP contribution in [0.2, 0.25) is 0 Å². The van der Waals surface area contributed by atoms with E-state index in [1.165, 1.54) is 167 Å². The summed E-state index contributed by atoms with van der Waals surface area (Å²) in [5.41, 5.74) is 5.01. The van der Waals surface area contributed by atoms with Crippen LogP contribution in [0.15, 0.2) is 0 Å². The Bertz CT molecular complexity index is 941. The molecule has 4 N–H and O–H groups in total. The Morgan fingerprint density at radius 1 is 0.561 bits per heavy atom. The second-order valence-corrected chi connectivity index (χ2v) is 17.1. The van der Waals surface area contributed by atoms with Crippen LogP contribution in [-0.2, 0) is 37.5 Å². The molecule has 0 saturated carbocycles. The number of nitrogens with two attached hydrogens (primary N) is 1. The van der Waals surface area contributed by atoms with Crippen LogP contribution >= 0.6 is 7.82 Å². The number of ether oxygens (including phenoxy) is 2. The summed E-state index contributed by atoms with van der Waals surface area (Å²) in [6.07, 6.45) is 40.1. The summed E-state index contributed by atoms with van der Waals surface area (Å²) in [6, 6.07) is 0. The summed E-state index contributed by atoms with van der Waals surface area (Å²) < 4.78 is 30.6. The lowest BCUT2D eigenvalue weighted by molar-refractivity contribution is -0.158. The topological polar surface area (TPSA) is 163 Å². The molecule has 0 rings (SSSR count). The van der Waals surface area contributed by atoms with E-state index in [2.05, 4.69) is 28.2 Å². The number of hydrogen-bond acceptors (Lipinski definition) is 9. The van der Waals surface area contributed by atoms with Gasteiger partial charge in [0.1, 0.15) is 12.7 Å². The maximum Gasteiger partial charge on any atom is 0.472 e. The molecule has 0 spiro atoms. The molecule has 0 radical (unpaired) electrons. The van der Waals surface area contributed by atoms with Gasteiger partial charge in [0.15, 0.2) is 0 Å². The van der Waals surface area contributed by atoms with Crippen LogP contribution in [0.3, 0.4) is 0 Å². The minimum absolute atomic E-state index is 0.0862. The number of amides is 1. The van der Waals surface area contributed by atoms with Crippen LogP contribution in [0.1, 0.15) is 233 Å². The highest BCUT2D eigenvalue weighted by atomic mass is 31.2. The SMILES string of the molecule is CCCCCCCCCCCCCCCCCC(=O)OC[C@@H](C)OC(=O)CCCCCCCCCCCCCCCCC.CCOP(=O)(O)OCCNC(=O)CN. The molecule has 0 aliphatic rings. The molecule has 0 heterocycles. The first-order valence-corrected chi connectivity index (χ1v) is 25.0. The summed E-state index contributed by atoms with van der Waals surface area (Å²) in [6.45, 7) is 8.09. The quantitative estimate of drug-likeness (QED) is 0.0306. The van der Waals surface area contributed by atoms with E-state index in [-0.39, 0.29) is 56.9 Å². The Balaban J connectivity index is 0. The Kier molecular flexibility index (Phi) is 46.0. The van der Waals surface area contributed by atoms with Crippen LogP contribution < -0.4 is 11.1 Å². The highest BCUT2D eigenvalue weighted by Crippen LogP contribution is 2.42. The zero-order chi connectivity index (χ0) is 42.5. The van der Waals surface area contributed by atoms with E-state index in [0.717, 1.165) is 25.7 Å². The largest absolute Gasteiger partial charge is 0.472 e. The van der Waals surface area contributed by atoms with E-state index in [0.29, 0.717) is 12.8 Å². The number of unbranched alkanes of at least 4 members (excludes halogenated alkanes) is 28. The van der Waals surface area contributed by atoms with Gasteiger partial charge in [-0.25, -0.2) is 4.57 Å². The van der Waals surface area contributed by atoms with Crippen molar-refractivity contribution in [3.8, 4) is 0 Å². The van der Waals surface area contributed by atoms with Gasteiger partial charge < -0.3 is 25.4 Å². The minimum Gasteiger partial charge on any atom is -0.462 e. The third-order valence-electron chi connectivity index (χ3n) is 9.94. The number of nitrogens with one attached hydrogen (secondary N) is 1. The molecule has 2 atom stereocenters. The lowest BCUT2D eigenvalue weighted by Gasteiger charge is -2.13. The summed E-state index contributed by atoms with van der Waals surface area (Å²) >= 11 is 0. The van der Waals surface area contributed by atoms with Crippen molar-refractivity contribution < 1.29 is 42.4 Å². The normalized spacial score (nSPS) is 12.7. The summed E-state index contributed by atoms with van der Waals surface area (Å²) in [5, 5.41) is 2.37. The average molecular weight is 835 g/mol. The van der Waals surface area contributed by atoms with E-state index in [4.69, 9.17) is 20.1 Å². The van der Waals surface area contributed by atoms with Crippen molar-refractivity contribution in [1.82, 2.24) is 5.32 Å². The van der Waals surface area contributed by atoms with Gasteiger partial charge >= 0.3 is 19.8 Å². The van der Waals surface area contributed by atoms with Crippen molar-refractivity contribution in [2.75, 3.05) is 32.9 Å². The number of esters is 2. The Hall–Kier alpha value is -1.52. The summed E-state index contributed by atoms with van der Waals surface area (Å²) in [7, 11) is -3.94. The Morgan fingerprint density at radius 3 is 1.26 bits per heavy atom. The van der Waals surface area contributed by atoms with Gasteiger partial charge in [-0.3, -0.25) is 23.4 Å². The van der Waals surface area contributed by atoms with E-state index in [1.54, 1.807) is 6.92 Å². The van der Waals surface area contributed by atoms with Gasteiger partial charge in [0.25, 0.3) is 0 Å². The van der Waals surface area contributed by atoms with Crippen LogP contribution in [0.5, 0.6) is 0 Å². The number of hydrogen-bond donors (Lipinski definition) is 3. The molecule has 12 heteroatoms. The lowest BCUT2D eigenvalue weighted by Crippen LogP contribution is -2.32. The molecular weight excluding hydrogens is 743 g/mol. The highest BCUT2D eigenvalue weighted by molar-refractivity contribution is 7.47. The number of phosphoric acid groups is 1. The predicted octanol–water partition coefficient (Wildman–Crippen LogP) is 12.2. The van der Waals surface area contributed by atoms with Gasteiger partial charge in [0.05, 0.1) is 19.8 Å². The maximum absolute atomic E-state index is 12.1. The minimum atomic E-state index is -3.94. The number of rotatable bonds is 42. The first-order valence-electron chi connectivity index (χ1n) is 23.5. The third kappa shape index (κ3) is 48.7. The Morgan fingerprint density at radius 2 is 0.912 bits per heavy atom. The molecule has 0 aliphatic carbocycles. The number of phosphoric ester groups is 1. The molecular formula is C45H91N2O9P. The monoisotopic (exact) mass is 835 g/mol. The second kappa shape index (κ2) is 45.6. The molecule has 0 aliphatic heterocycles. The first kappa shape index (κ1) is 57.6. The van der Waals surface area contributed by atoms with E-state index in [1.807, 2.05) is 6.92 Å². The van der Waals surface area contributed by atoms with Gasteiger partial charge in [-0.15, -0.1) is 0 Å². The van der Waals surface area contributed by atoms with Crippen molar-refractivity contribution in [2.45, 2.75) is 239 Å². The fourth-order valence-electron chi connectivity index (χ4n) is 6.51. The first-order chi connectivity index (χ1) is 27.6. The van der Waals surface area contributed by atoms with Crippen molar-refractivity contribution in [2.24, 2.45) is 5.73 Å². The van der Waals surface area contributed by atoms with Crippen LogP contribution in [0.4, 0.5) is 0 Å². The molecule has 0 bridgehead atoms. The molecule has 57 heavy (non-hydrogen) atoms. The standard InChI is InChI=1S/C39H76O4.C6H15N2O5P/c1-4-6-8-10-12-14-16-18-20-22-24-26-28-30-32-34-38(40)42-36-37(3)43-39(41)35-33-31-29-27-25-23-21-19-17-15-13-11-9-7-5-2;1-2-12-14(10,11)13-4-3-8-6(9)5-7/h37H,4-36H2,1-3H3;2-5,7H2,1H3,(H,8,9)(H,10,11)/t37-;/m1./s1. The zero-order valence-electron chi connectivity index (χ0n) is 37.5. The van der Waals surface area contributed by atoms with Gasteiger partial charge in [-0.2, -0.15) is 0 Å². The van der Waals surface area contributed by atoms with Crippen LogP contribution in [0, 0.1) is 0 Å². The van der Waals surface area contributed by atoms with Crippen LogP contribution in [0.25, 0.3) is 0 Å². The number of carbonyl (C=O) groups is 3. The number of carbonyl (C=O) groups excluding carboxylic acids is 3. The van der Waals surface area contributed by atoms with Crippen molar-refractivity contribution in [3.05, 3.63) is 0 Å². The van der Waals surface area contributed by atoms with Gasteiger partial charge in [-0.05, 0) is 26.7 Å². The van der Waals surface area contributed by atoms with E-state index >= 15 is 0 Å². The van der Waals surface area contributed by atoms with E-state index in [9.17, 15) is 18.9 Å². The fourth-order valence-corrected chi connectivity index (χ4v) is 7.23. The van der Waals surface area contributed by atoms with Crippen molar-refractivity contribution >= 4 is 25.7 Å². The third-order valence-corrected chi connectivity index (χ3v) is 11.0. The molecule has 1 unspecified atom stereocenters. The summed E-state index contributed by atoms with van der Waals surface area (Å²) in [4.78, 5) is 43.6. The Labute approximate surface area is 350 Å². The van der Waals surface area contributed by atoms with Gasteiger partial charge in [0.2, 0.25) is 5.91 Å². The van der Waals surface area contributed by atoms with E-state index < -0.39 is 7.82 Å². The summed E-state index contributed by atoms with van der Waals surface area (Å²) in [5.74, 6) is -0.682.